The molecule has 1 aromatic carbocycles. The first kappa shape index (κ1) is 14.9. The molecule has 0 aliphatic heterocycles. The molecule has 0 aromatic heterocycles. The molecule has 18 heavy (non-hydrogen) atoms. The number of carbonyl (C=O) groups excluding carboxylic acids is 1. The number of amides is 1. The molecule has 3 N–H and O–H groups in total. The number of rotatable bonds is 5. The van der Waals surface area contributed by atoms with Crippen LogP contribution < -0.4 is 16.0 Å². The number of hydrogen-bond acceptors (Lipinski definition) is 5. The van der Waals surface area contributed by atoms with Gasteiger partial charge in [0.1, 0.15) is 5.75 Å². The highest BCUT2D eigenvalue weighted by Crippen LogP contribution is 2.37. The molecule has 0 unspecified atom stereocenters. The molecule has 0 heterocycles. The third-order valence-corrected chi connectivity index (χ3v) is 3.11. The number of carbonyl (C=O) groups is 1. The van der Waals surface area contributed by atoms with Crippen LogP contribution in [0.3, 0.4) is 0 Å². The highest BCUT2D eigenvalue weighted by atomic mass is 79.9. The number of benzene rings is 1. The second-order valence-corrected chi connectivity index (χ2v) is 4.87. The Morgan fingerprint density at radius 3 is 2.44 bits per heavy atom. The summed E-state index contributed by atoms with van der Waals surface area (Å²) >= 11 is 6.33. The Labute approximate surface area is 119 Å². The topological polar surface area (TPSA) is 107 Å². The molecule has 1 rings (SSSR count). The van der Waals surface area contributed by atoms with Crippen LogP contribution in [0, 0.1) is 10.1 Å². The lowest BCUT2D eigenvalue weighted by Gasteiger charge is -2.09. The minimum atomic E-state index is -0.513. The summed E-state index contributed by atoms with van der Waals surface area (Å²) in [6.45, 7) is 0.109. The van der Waals surface area contributed by atoms with Crippen molar-refractivity contribution in [3.05, 3.63) is 31.2 Å². The third-order valence-electron chi connectivity index (χ3n) is 1.93. The molecule has 1 amide bonds. The number of ether oxygens (including phenoxy) is 1. The maximum absolute atomic E-state index is 10.9. The van der Waals surface area contributed by atoms with Gasteiger partial charge in [-0.05, 0) is 31.9 Å². The van der Waals surface area contributed by atoms with Gasteiger partial charge in [0.05, 0.1) is 26.9 Å². The van der Waals surface area contributed by atoms with E-state index in [1.54, 1.807) is 0 Å². The molecule has 0 radical (unpaired) electrons. The fraction of sp³-hybridized carbons (Fsp3) is 0.222. The largest absolute Gasteiger partial charge is 0.491 e. The van der Waals surface area contributed by atoms with Gasteiger partial charge in [-0.1, -0.05) is 0 Å². The smallest absolute Gasteiger partial charge is 0.271 e. The van der Waals surface area contributed by atoms with Gasteiger partial charge in [0.2, 0.25) is 5.91 Å². The molecule has 0 saturated carbocycles. The van der Waals surface area contributed by atoms with Crippen molar-refractivity contribution in [2.45, 2.75) is 6.42 Å². The van der Waals surface area contributed by atoms with E-state index in [4.69, 9.17) is 10.6 Å². The maximum atomic E-state index is 10.9. The van der Waals surface area contributed by atoms with E-state index >= 15 is 0 Å². The predicted molar refractivity (Wildman–Crippen MR) is 70.9 cm³/mol. The number of hydrazine groups is 1. The Kier molecular flexibility index (Phi) is 5.51. The minimum absolute atomic E-state index is 0.0687. The molecule has 98 valence electrons. The van der Waals surface area contributed by atoms with E-state index in [0.29, 0.717) is 14.7 Å². The lowest BCUT2D eigenvalue weighted by atomic mass is 10.3. The minimum Gasteiger partial charge on any atom is -0.491 e. The first-order valence-corrected chi connectivity index (χ1v) is 6.30. The Balaban J connectivity index is 2.78. The van der Waals surface area contributed by atoms with Gasteiger partial charge in [0, 0.05) is 12.1 Å². The number of nitrogens with zero attached hydrogens (tertiary/aromatic N) is 1. The summed E-state index contributed by atoms with van der Waals surface area (Å²) in [7, 11) is 0. The summed E-state index contributed by atoms with van der Waals surface area (Å²) in [5.74, 6) is 4.95. The number of nitro groups is 1. The number of non-ortho nitro benzene ring substituents is 1. The lowest BCUT2D eigenvalue weighted by molar-refractivity contribution is -0.385. The predicted octanol–water partition coefficient (Wildman–Crippen LogP) is 1.88. The van der Waals surface area contributed by atoms with Crippen LogP contribution in [0.4, 0.5) is 5.69 Å². The molecular weight excluding hydrogens is 374 g/mol. The average molecular weight is 383 g/mol. The van der Waals surface area contributed by atoms with Crippen LogP contribution in [-0.2, 0) is 4.79 Å². The number of halogens is 2. The van der Waals surface area contributed by atoms with E-state index in [1.165, 1.54) is 12.1 Å². The van der Waals surface area contributed by atoms with Crippen LogP contribution in [0.25, 0.3) is 0 Å². The van der Waals surface area contributed by atoms with Crippen molar-refractivity contribution < 1.29 is 14.5 Å². The zero-order chi connectivity index (χ0) is 13.7. The maximum Gasteiger partial charge on any atom is 0.271 e. The normalized spacial score (nSPS) is 9.94. The van der Waals surface area contributed by atoms with E-state index in [2.05, 4.69) is 31.9 Å². The van der Waals surface area contributed by atoms with Crippen molar-refractivity contribution in [3.8, 4) is 5.75 Å². The first-order valence-electron chi connectivity index (χ1n) is 4.71. The number of hydrogen-bond donors (Lipinski definition) is 2. The third kappa shape index (κ3) is 3.93. The quantitative estimate of drug-likeness (QED) is 0.350. The van der Waals surface area contributed by atoms with E-state index in [-0.39, 0.29) is 24.6 Å². The molecule has 0 fully saturated rings. The second-order valence-electron chi connectivity index (χ2n) is 3.16. The van der Waals surface area contributed by atoms with Crippen LogP contribution in [0.15, 0.2) is 21.1 Å². The molecule has 7 nitrogen and oxygen atoms in total. The second kappa shape index (κ2) is 6.66. The van der Waals surface area contributed by atoms with Gasteiger partial charge in [-0.15, -0.1) is 0 Å². The molecular formula is C9H9Br2N3O4. The molecule has 0 atom stereocenters. The highest BCUT2D eigenvalue weighted by molar-refractivity contribution is 9.11. The summed E-state index contributed by atoms with van der Waals surface area (Å²) in [5.41, 5.74) is 1.90. The number of nitrogens with one attached hydrogen (secondary N) is 1. The first-order chi connectivity index (χ1) is 8.45. The molecule has 0 aliphatic rings. The van der Waals surface area contributed by atoms with Crippen LogP contribution >= 0.6 is 31.9 Å². The van der Waals surface area contributed by atoms with Crippen molar-refractivity contribution in [2.75, 3.05) is 6.61 Å². The SMILES string of the molecule is NNC(=O)CCOc1c(Br)cc([N+](=O)[O-])cc1Br. The Morgan fingerprint density at radius 1 is 1.44 bits per heavy atom. The molecule has 0 saturated heterocycles. The zero-order valence-corrected chi connectivity index (χ0v) is 12.2. The average Bonchev–Trinajstić information content (AvgIpc) is 2.31. The van der Waals surface area contributed by atoms with E-state index in [9.17, 15) is 14.9 Å². The van der Waals surface area contributed by atoms with Crippen molar-refractivity contribution in [1.82, 2.24) is 5.43 Å². The summed E-state index contributed by atoms with van der Waals surface area (Å²) in [6.07, 6.45) is 0.0897. The molecule has 0 aliphatic carbocycles. The van der Waals surface area contributed by atoms with Crippen LogP contribution in [0.1, 0.15) is 6.42 Å². The number of nitro benzene ring substituents is 1. The Hall–Kier alpha value is -1.19. The van der Waals surface area contributed by atoms with Crippen molar-refractivity contribution in [3.63, 3.8) is 0 Å². The highest BCUT2D eigenvalue weighted by Gasteiger charge is 2.15. The van der Waals surface area contributed by atoms with E-state index in [1.807, 2.05) is 5.43 Å². The zero-order valence-electron chi connectivity index (χ0n) is 8.98. The van der Waals surface area contributed by atoms with E-state index in [0.717, 1.165) is 0 Å². The van der Waals surface area contributed by atoms with Gasteiger partial charge >= 0.3 is 0 Å². The van der Waals surface area contributed by atoms with Gasteiger partial charge in [-0.3, -0.25) is 20.3 Å². The summed E-state index contributed by atoms with van der Waals surface area (Å²) < 4.78 is 6.20. The molecule has 0 spiro atoms. The van der Waals surface area contributed by atoms with Crippen LogP contribution in [-0.4, -0.2) is 17.4 Å². The summed E-state index contributed by atoms with van der Waals surface area (Å²) in [5, 5.41) is 10.6. The number of nitrogens with two attached hydrogens (primary N) is 1. The monoisotopic (exact) mass is 381 g/mol. The molecule has 1 aromatic rings. The van der Waals surface area contributed by atoms with Crippen molar-refractivity contribution >= 4 is 43.5 Å². The fourth-order valence-electron chi connectivity index (χ4n) is 1.11. The molecule has 9 heteroatoms. The summed E-state index contributed by atoms with van der Waals surface area (Å²) in [6, 6.07) is 2.65. The van der Waals surface area contributed by atoms with Crippen molar-refractivity contribution in [2.24, 2.45) is 5.84 Å². The summed E-state index contributed by atoms with van der Waals surface area (Å²) in [4.78, 5) is 21.0. The van der Waals surface area contributed by atoms with E-state index < -0.39 is 4.92 Å². The van der Waals surface area contributed by atoms with Gasteiger partial charge in [0.15, 0.2) is 0 Å². The Bertz CT molecular complexity index is 458. The molecule has 0 bridgehead atoms. The van der Waals surface area contributed by atoms with Gasteiger partial charge in [-0.25, -0.2) is 5.84 Å². The standard InChI is InChI=1S/C9H9Br2N3O4/c10-6-3-5(14(16)17)4-7(11)9(6)18-2-1-8(15)13-12/h3-4H,1-2,12H2,(H,13,15). The van der Waals surface area contributed by atoms with Gasteiger partial charge in [0.25, 0.3) is 5.69 Å². The Morgan fingerprint density at radius 2 is 2.00 bits per heavy atom. The van der Waals surface area contributed by atoms with Crippen molar-refractivity contribution in [1.29, 1.82) is 0 Å². The van der Waals surface area contributed by atoms with Gasteiger partial charge < -0.3 is 4.74 Å². The van der Waals surface area contributed by atoms with Crippen LogP contribution in [0.5, 0.6) is 5.75 Å². The fourth-order valence-corrected chi connectivity index (χ4v) is 2.50. The van der Waals surface area contributed by atoms with Gasteiger partial charge in [-0.2, -0.15) is 0 Å². The lowest BCUT2D eigenvalue weighted by Crippen LogP contribution is -2.31. The van der Waals surface area contributed by atoms with Crippen LogP contribution in [0.2, 0.25) is 0 Å².